The van der Waals surface area contributed by atoms with Crippen molar-refractivity contribution in [2.45, 2.75) is 31.4 Å². The topological polar surface area (TPSA) is 53.0 Å². The third kappa shape index (κ3) is 4.26. The second kappa shape index (κ2) is 9.00. The first-order chi connectivity index (χ1) is 16.0. The standard InChI is InChI=1S/C28H30N2O3/c1-19-11-13-20(14-12-19)24(18-30-16-15-21(31)17-30)29(2)28(32)27-22-7-3-5-9-25(22)33-26-10-6-4-8-23(26)27/h3-14,21,24,27,31H,15-18H2,1-2H3/t21-,24+/m0/s1. The highest BCUT2D eigenvalue weighted by Crippen LogP contribution is 2.45. The van der Waals surface area contributed by atoms with E-state index in [1.807, 2.05) is 60.5 Å². The van der Waals surface area contributed by atoms with E-state index >= 15 is 0 Å². The minimum atomic E-state index is -0.423. The molecule has 0 aromatic heterocycles. The van der Waals surface area contributed by atoms with Crippen LogP contribution in [-0.4, -0.2) is 53.6 Å². The van der Waals surface area contributed by atoms with E-state index in [1.165, 1.54) is 5.56 Å². The lowest BCUT2D eigenvalue weighted by Crippen LogP contribution is -2.41. The maximum absolute atomic E-state index is 14.1. The first-order valence-electron chi connectivity index (χ1n) is 11.6. The van der Waals surface area contributed by atoms with E-state index in [4.69, 9.17) is 4.74 Å². The molecule has 3 aromatic rings. The molecule has 1 amide bonds. The summed E-state index contributed by atoms with van der Waals surface area (Å²) in [5.74, 6) is 1.09. The predicted octanol–water partition coefficient (Wildman–Crippen LogP) is 4.50. The highest BCUT2D eigenvalue weighted by atomic mass is 16.5. The lowest BCUT2D eigenvalue weighted by atomic mass is 9.86. The van der Waals surface area contributed by atoms with E-state index < -0.39 is 5.92 Å². The Hall–Kier alpha value is -3.15. The summed E-state index contributed by atoms with van der Waals surface area (Å²) in [6, 6.07) is 23.9. The minimum Gasteiger partial charge on any atom is -0.457 e. The maximum atomic E-state index is 14.1. The Balaban J connectivity index is 1.51. The second-order valence-electron chi connectivity index (χ2n) is 9.19. The first-order valence-corrected chi connectivity index (χ1v) is 11.6. The summed E-state index contributed by atoms with van der Waals surface area (Å²) < 4.78 is 6.11. The van der Waals surface area contributed by atoms with Gasteiger partial charge >= 0.3 is 0 Å². The number of aliphatic hydroxyl groups excluding tert-OH is 1. The molecule has 2 heterocycles. The van der Waals surface area contributed by atoms with Gasteiger partial charge in [-0.2, -0.15) is 0 Å². The number of hydrogen-bond donors (Lipinski definition) is 1. The highest BCUT2D eigenvalue weighted by molar-refractivity contribution is 5.90. The molecule has 3 aromatic carbocycles. The molecule has 0 aliphatic carbocycles. The predicted molar refractivity (Wildman–Crippen MR) is 129 cm³/mol. The molecule has 1 N–H and O–H groups in total. The number of β-amino-alcohol motifs (C(OH)–C–C–N with tert-alkyl or cyclic N) is 1. The van der Waals surface area contributed by atoms with Crippen molar-refractivity contribution < 1.29 is 14.6 Å². The van der Waals surface area contributed by atoms with Gasteiger partial charge < -0.3 is 14.7 Å². The van der Waals surface area contributed by atoms with Gasteiger partial charge in [-0.05, 0) is 31.0 Å². The number of para-hydroxylation sites is 2. The van der Waals surface area contributed by atoms with Crippen molar-refractivity contribution in [1.82, 2.24) is 9.80 Å². The number of carbonyl (C=O) groups excluding carboxylic acids is 1. The zero-order valence-electron chi connectivity index (χ0n) is 19.1. The zero-order chi connectivity index (χ0) is 22.9. The Morgan fingerprint density at radius 3 is 2.21 bits per heavy atom. The Morgan fingerprint density at radius 1 is 1.03 bits per heavy atom. The molecular formula is C28H30N2O3. The zero-order valence-corrected chi connectivity index (χ0v) is 19.1. The maximum Gasteiger partial charge on any atom is 0.235 e. The summed E-state index contributed by atoms with van der Waals surface area (Å²) in [6.07, 6.45) is 0.484. The largest absolute Gasteiger partial charge is 0.457 e. The number of carbonyl (C=O) groups is 1. The van der Waals surface area contributed by atoms with Crippen LogP contribution in [0.2, 0.25) is 0 Å². The molecule has 0 saturated carbocycles. The van der Waals surface area contributed by atoms with Gasteiger partial charge in [-0.1, -0.05) is 66.2 Å². The van der Waals surface area contributed by atoms with E-state index in [-0.39, 0.29) is 18.1 Å². The van der Waals surface area contributed by atoms with Gasteiger partial charge in [0.15, 0.2) is 0 Å². The third-order valence-electron chi connectivity index (χ3n) is 6.88. The van der Waals surface area contributed by atoms with Crippen LogP contribution in [0.5, 0.6) is 11.5 Å². The average molecular weight is 443 g/mol. The summed E-state index contributed by atoms with van der Waals surface area (Å²) in [5, 5.41) is 10.1. The molecule has 5 heteroatoms. The molecule has 170 valence electrons. The lowest BCUT2D eigenvalue weighted by Gasteiger charge is -2.36. The second-order valence-corrected chi connectivity index (χ2v) is 9.19. The molecule has 2 aliphatic rings. The van der Waals surface area contributed by atoms with Gasteiger partial charge in [0.1, 0.15) is 11.5 Å². The molecule has 5 nitrogen and oxygen atoms in total. The molecule has 1 fully saturated rings. The summed E-state index contributed by atoms with van der Waals surface area (Å²) in [5.41, 5.74) is 4.08. The van der Waals surface area contributed by atoms with Crippen molar-refractivity contribution in [3.05, 3.63) is 95.1 Å². The van der Waals surface area contributed by atoms with Crippen LogP contribution in [0.3, 0.4) is 0 Å². The fourth-order valence-electron chi connectivity index (χ4n) is 5.00. The third-order valence-corrected chi connectivity index (χ3v) is 6.88. The number of rotatable bonds is 5. The van der Waals surface area contributed by atoms with E-state index in [0.717, 1.165) is 41.2 Å². The number of aryl methyl sites for hydroxylation is 1. The number of amides is 1. The number of nitrogens with zero attached hydrogens (tertiary/aromatic N) is 2. The first kappa shape index (κ1) is 21.7. The van der Waals surface area contributed by atoms with Gasteiger partial charge in [-0.3, -0.25) is 9.69 Å². The number of likely N-dealkylation sites (tertiary alicyclic amines) is 1. The van der Waals surface area contributed by atoms with Crippen molar-refractivity contribution in [2.75, 3.05) is 26.7 Å². The smallest absolute Gasteiger partial charge is 0.235 e. The molecule has 0 spiro atoms. The van der Waals surface area contributed by atoms with Crippen LogP contribution in [0, 0.1) is 6.92 Å². The van der Waals surface area contributed by atoms with Crippen molar-refractivity contribution in [3.8, 4) is 11.5 Å². The average Bonchev–Trinajstić information content (AvgIpc) is 3.25. The van der Waals surface area contributed by atoms with E-state index in [1.54, 1.807) is 0 Å². The molecule has 1 saturated heterocycles. The van der Waals surface area contributed by atoms with Gasteiger partial charge in [0.05, 0.1) is 18.1 Å². The van der Waals surface area contributed by atoms with Crippen molar-refractivity contribution >= 4 is 5.91 Å². The summed E-state index contributed by atoms with van der Waals surface area (Å²) in [7, 11) is 1.90. The normalized spacial score (nSPS) is 18.8. The molecule has 0 radical (unpaired) electrons. The Labute approximate surface area is 195 Å². The molecule has 0 unspecified atom stereocenters. The quantitative estimate of drug-likeness (QED) is 0.632. The van der Waals surface area contributed by atoms with E-state index in [9.17, 15) is 9.90 Å². The lowest BCUT2D eigenvalue weighted by molar-refractivity contribution is -0.133. The van der Waals surface area contributed by atoms with Gasteiger partial charge in [-0.25, -0.2) is 0 Å². The SMILES string of the molecule is Cc1ccc([C@@H](CN2CC[C@H](O)C2)N(C)C(=O)C2c3ccccc3Oc3ccccc32)cc1. The van der Waals surface area contributed by atoms with Gasteiger partial charge in [0.2, 0.25) is 5.91 Å². The van der Waals surface area contributed by atoms with Crippen molar-refractivity contribution in [2.24, 2.45) is 0 Å². The highest BCUT2D eigenvalue weighted by Gasteiger charge is 2.37. The van der Waals surface area contributed by atoms with Crippen LogP contribution in [-0.2, 0) is 4.79 Å². The Morgan fingerprint density at radius 2 is 1.64 bits per heavy atom. The van der Waals surface area contributed by atoms with Crippen LogP contribution < -0.4 is 4.74 Å². The van der Waals surface area contributed by atoms with Gasteiger partial charge in [0, 0.05) is 37.8 Å². The van der Waals surface area contributed by atoms with Crippen molar-refractivity contribution in [1.29, 1.82) is 0 Å². The molecule has 33 heavy (non-hydrogen) atoms. The Bertz CT molecular complexity index is 1100. The molecule has 0 bridgehead atoms. The van der Waals surface area contributed by atoms with E-state index in [2.05, 4.69) is 36.1 Å². The summed E-state index contributed by atoms with van der Waals surface area (Å²) >= 11 is 0. The number of fused-ring (bicyclic) bond motifs is 2. The van der Waals surface area contributed by atoms with Gasteiger partial charge in [0.25, 0.3) is 0 Å². The van der Waals surface area contributed by atoms with Crippen molar-refractivity contribution in [3.63, 3.8) is 0 Å². The number of aliphatic hydroxyl groups is 1. The monoisotopic (exact) mass is 442 g/mol. The number of hydrogen-bond acceptors (Lipinski definition) is 4. The fourth-order valence-corrected chi connectivity index (χ4v) is 5.00. The van der Waals surface area contributed by atoms with Gasteiger partial charge in [-0.15, -0.1) is 0 Å². The summed E-state index contributed by atoms with van der Waals surface area (Å²) in [4.78, 5) is 18.3. The van der Waals surface area contributed by atoms with Crippen LogP contribution >= 0.6 is 0 Å². The molecule has 2 atom stereocenters. The molecule has 2 aliphatic heterocycles. The van der Waals surface area contributed by atoms with Crippen LogP contribution in [0.1, 0.15) is 40.6 Å². The molecule has 5 rings (SSSR count). The molecular weight excluding hydrogens is 412 g/mol. The Kier molecular flexibility index (Phi) is 5.92. The fraction of sp³-hybridized carbons (Fsp3) is 0.321. The van der Waals surface area contributed by atoms with E-state index in [0.29, 0.717) is 13.1 Å². The van der Waals surface area contributed by atoms with Crippen LogP contribution in [0.25, 0.3) is 0 Å². The van der Waals surface area contributed by atoms with Crippen LogP contribution in [0.4, 0.5) is 0 Å². The minimum absolute atomic E-state index is 0.0449. The number of likely N-dealkylation sites (N-methyl/N-ethyl adjacent to an activating group) is 1. The number of benzene rings is 3. The van der Waals surface area contributed by atoms with Crippen LogP contribution in [0.15, 0.2) is 72.8 Å². The number of ether oxygens (including phenoxy) is 1. The summed E-state index contributed by atoms with van der Waals surface area (Å²) in [6.45, 7) is 4.25.